The second-order valence-corrected chi connectivity index (χ2v) is 7.13. The van der Waals surface area contributed by atoms with Crippen molar-refractivity contribution in [2.75, 3.05) is 33.9 Å². The molecule has 2 heterocycles. The fraction of sp³-hybridized carbons (Fsp3) is 0.650. The Morgan fingerprint density at radius 2 is 2.16 bits per heavy atom. The Morgan fingerprint density at radius 1 is 1.28 bits per heavy atom. The Balaban J connectivity index is 1.64. The van der Waals surface area contributed by atoms with Crippen molar-refractivity contribution in [1.29, 1.82) is 0 Å². The summed E-state index contributed by atoms with van der Waals surface area (Å²) >= 11 is 0. The monoisotopic (exact) mass is 346 g/mol. The van der Waals surface area contributed by atoms with Crippen molar-refractivity contribution in [1.82, 2.24) is 9.80 Å². The van der Waals surface area contributed by atoms with E-state index in [2.05, 4.69) is 11.9 Å². The molecule has 1 atom stereocenters. The average Bonchev–Trinajstić information content (AvgIpc) is 2.61. The molecule has 0 spiro atoms. The number of benzene rings is 1. The van der Waals surface area contributed by atoms with Gasteiger partial charge in [-0.05, 0) is 45.3 Å². The molecule has 138 valence electrons. The molecule has 1 fully saturated rings. The molecule has 1 aromatic rings. The Bertz CT molecular complexity index is 590. The molecule has 5 heteroatoms. The molecule has 3 rings (SSSR count). The Morgan fingerprint density at radius 3 is 2.96 bits per heavy atom. The van der Waals surface area contributed by atoms with Crippen molar-refractivity contribution in [3.8, 4) is 11.5 Å². The Labute approximate surface area is 150 Å². The minimum Gasteiger partial charge on any atom is -0.493 e. The molecule has 1 unspecified atom stereocenters. The van der Waals surface area contributed by atoms with Crippen molar-refractivity contribution < 1.29 is 14.3 Å². The maximum absolute atomic E-state index is 12.8. The van der Waals surface area contributed by atoms with Crippen LogP contribution in [-0.4, -0.2) is 55.6 Å². The van der Waals surface area contributed by atoms with E-state index < -0.39 is 0 Å². The molecule has 5 nitrogen and oxygen atoms in total. The first-order valence-electron chi connectivity index (χ1n) is 9.45. The molecule has 1 saturated heterocycles. The molecular formula is C20H30N2O3. The van der Waals surface area contributed by atoms with Crippen LogP contribution in [0.15, 0.2) is 18.2 Å². The van der Waals surface area contributed by atoms with Crippen LogP contribution in [0.5, 0.6) is 11.5 Å². The lowest BCUT2D eigenvalue weighted by Crippen LogP contribution is -2.38. The first-order chi connectivity index (χ1) is 12.2. The highest BCUT2D eigenvalue weighted by Crippen LogP contribution is 2.33. The Hall–Kier alpha value is -1.75. The van der Waals surface area contributed by atoms with E-state index in [4.69, 9.17) is 9.47 Å². The van der Waals surface area contributed by atoms with Crippen LogP contribution in [0.4, 0.5) is 0 Å². The summed E-state index contributed by atoms with van der Waals surface area (Å²) in [6.45, 7) is 3.14. The van der Waals surface area contributed by atoms with Crippen molar-refractivity contribution >= 4 is 5.91 Å². The molecule has 0 radical (unpaired) electrons. The fourth-order valence-electron chi connectivity index (χ4n) is 3.89. The number of para-hydroxylation sites is 1. The number of fused-ring (bicyclic) bond motifs is 1. The van der Waals surface area contributed by atoms with E-state index in [9.17, 15) is 4.79 Å². The van der Waals surface area contributed by atoms with Gasteiger partial charge in [0.15, 0.2) is 11.5 Å². The summed E-state index contributed by atoms with van der Waals surface area (Å²) in [4.78, 5) is 17.2. The van der Waals surface area contributed by atoms with Gasteiger partial charge < -0.3 is 19.3 Å². The average molecular weight is 346 g/mol. The molecule has 0 bridgehead atoms. The van der Waals surface area contributed by atoms with Crippen LogP contribution in [0.3, 0.4) is 0 Å². The summed E-state index contributed by atoms with van der Waals surface area (Å²) in [6.07, 6.45) is 6.25. The minimum atomic E-state index is 0.259. The van der Waals surface area contributed by atoms with Crippen LogP contribution in [0, 0.1) is 0 Å². The number of carbonyl (C=O) groups is 1. The van der Waals surface area contributed by atoms with Crippen LogP contribution in [-0.2, 0) is 11.3 Å². The van der Waals surface area contributed by atoms with Crippen LogP contribution in [0.2, 0.25) is 0 Å². The normalized spacial score (nSPS) is 21.7. The first kappa shape index (κ1) is 18.1. The topological polar surface area (TPSA) is 42.0 Å². The van der Waals surface area contributed by atoms with E-state index in [-0.39, 0.29) is 5.91 Å². The zero-order valence-electron chi connectivity index (χ0n) is 15.5. The fourth-order valence-corrected chi connectivity index (χ4v) is 3.89. The third-order valence-electron chi connectivity index (χ3n) is 5.43. The quantitative estimate of drug-likeness (QED) is 0.840. The highest BCUT2D eigenvalue weighted by atomic mass is 16.5. The number of likely N-dealkylation sites (tertiary alicyclic amines) is 1. The van der Waals surface area contributed by atoms with Gasteiger partial charge in [0.05, 0.1) is 13.7 Å². The number of carbonyl (C=O) groups excluding carboxylic acids is 1. The SMILES string of the molecule is COc1cccc2c1OCCCN(C(=O)CCC1CCCCN1C)C2. The van der Waals surface area contributed by atoms with E-state index in [0.717, 1.165) is 43.0 Å². The Kier molecular flexibility index (Phi) is 6.19. The van der Waals surface area contributed by atoms with E-state index in [1.54, 1.807) is 7.11 Å². The van der Waals surface area contributed by atoms with Gasteiger partial charge in [0.1, 0.15) is 0 Å². The number of nitrogens with zero attached hydrogens (tertiary/aromatic N) is 2. The molecule has 0 aliphatic carbocycles. The van der Waals surface area contributed by atoms with Crippen LogP contribution >= 0.6 is 0 Å². The molecule has 0 aromatic heterocycles. The summed E-state index contributed by atoms with van der Waals surface area (Å²) in [5.41, 5.74) is 1.03. The first-order valence-corrected chi connectivity index (χ1v) is 9.45. The molecular weight excluding hydrogens is 316 g/mol. The summed E-state index contributed by atoms with van der Waals surface area (Å²) in [6, 6.07) is 6.45. The van der Waals surface area contributed by atoms with Gasteiger partial charge in [0.25, 0.3) is 0 Å². The van der Waals surface area contributed by atoms with Crippen molar-refractivity contribution in [2.45, 2.75) is 51.1 Å². The molecule has 2 aliphatic rings. The molecule has 25 heavy (non-hydrogen) atoms. The molecule has 0 saturated carbocycles. The number of ether oxygens (including phenoxy) is 2. The van der Waals surface area contributed by atoms with Crippen LogP contribution in [0.1, 0.15) is 44.1 Å². The second kappa shape index (κ2) is 8.56. The van der Waals surface area contributed by atoms with Gasteiger partial charge in [-0.1, -0.05) is 18.6 Å². The van der Waals surface area contributed by atoms with E-state index in [1.807, 2.05) is 23.1 Å². The minimum absolute atomic E-state index is 0.259. The lowest BCUT2D eigenvalue weighted by molar-refractivity contribution is -0.132. The van der Waals surface area contributed by atoms with Gasteiger partial charge in [-0.2, -0.15) is 0 Å². The lowest BCUT2D eigenvalue weighted by Gasteiger charge is -2.33. The van der Waals surface area contributed by atoms with Gasteiger partial charge in [-0.25, -0.2) is 0 Å². The smallest absolute Gasteiger partial charge is 0.222 e. The summed E-state index contributed by atoms with van der Waals surface area (Å²) < 4.78 is 11.3. The maximum Gasteiger partial charge on any atom is 0.222 e. The summed E-state index contributed by atoms with van der Waals surface area (Å²) in [5.74, 6) is 1.79. The second-order valence-electron chi connectivity index (χ2n) is 7.13. The lowest BCUT2D eigenvalue weighted by atomic mass is 9.98. The van der Waals surface area contributed by atoms with E-state index in [1.165, 1.54) is 19.3 Å². The van der Waals surface area contributed by atoms with Crippen molar-refractivity contribution in [3.05, 3.63) is 23.8 Å². The number of methoxy groups -OCH3 is 1. The highest BCUT2D eigenvalue weighted by molar-refractivity contribution is 5.76. The standard InChI is InChI=1S/C20H30N2O3/c1-21-12-4-3-8-17(21)10-11-19(23)22-13-6-14-25-20-16(15-22)7-5-9-18(20)24-2/h5,7,9,17H,3-4,6,8,10-15H2,1-2H3. The van der Waals surface area contributed by atoms with Gasteiger partial charge in [0, 0.05) is 31.1 Å². The largest absolute Gasteiger partial charge is 0.493 e. The van der Waals surface area contributed by atoms with Gasteiger partial charge >= 0.3 is 0 Å². The van der Waals surface area contributed by atoms with Crippen molar-refractivity contribution in [2.24, 2.45) is 0 Å². The van der Waals surface area contributed by atoms with Crippen molar-refractivity contribution in [3.63, 3.8) is 0 Å². The zero-order chi connectivity index (χ0) is 17.6. The zero-order valence-corrected chi connectivity index (χ0v) is 15.5. The highest BCUT2D eigenvalue weighted by Gasteiger charge is 2.23. The van der Waals surface area contributed by atoms with Gasteiger partial charge in [-0.15, -0.1) is 0 Å². The molecule has 1 aromatic carbocycles. The van der Waals surface area contributed by atoms with Crippen LogP contribution in [0.25, 0.3) is 0 Å². The summed E-state index contributed by atoms with van der Waals surface area (Å²) in [7, 11) is 3.84. The number of amides is 1. The van der Waals surface area contributed by atoms with E-state index >= 15 is 0 Å². The third kappa shape index (κ3) is 4.46. The van der Waals surface area contributed by atoms with E-state index in [0.29, 0.717) is 25.6 Å². The predicted molar refractivity (Wildman–Crippen MR) is 98.0 cm³/mol. The number of rotatable bonds is 4. The third-order valence-corrected chi connectivity index (χ3v) is 5.43. The van der Waals surface area contributed by atoms with Gasteiger partial charge in [0.2, 0.25) is 5.91 Å². The molecule has 2 aliphatic heterocycles. The maximum atomic E-state index is 12.8. The molecule has 1 amide bonds. The van der Waals surface area contributed by atoms with Gasteiger partial charge in [-0.3, -0.25) is 4.79 Å². The predicted octanol–water partition coefficient (Wildman–Crippen LogP) is 3.07. The summed E-state index contributed by atoms with van der Waals surface area (Å²) in [5, 5.41) is 0. The number of hydrogen-bond acceptors (Lipinski definition) is 4. The molecule has 0 N–H and O–H groups in total. The van der Waals surface area contributed by atoms with Crippen LogP contribution < -0.4 is 9.47 Å². The number of hydrogen-bond donors (Lipinski definition) is 0. The number of piperidine rings is 1.